The van der Waals surface area contributed by atoms with E-state index in [2.05, 4.69) is 0 Å². The van der Waals surface area contributed by atoms with Gasteiger partial charge in [-0.3, -0.25) is 4.79 Å². The van der Waals surface area contributed by atoms with Gasteiger partial charge in [0.15, 0.2) is 0 Å². The van der Waals surface area contributed by atoms with E-state index in [0.29, 0.717) is 13.0 Å². The highest BCUT2D eigenvalue weighted by Gasteiger charge is 2.00. The van der Waals surface area contributed by atoms with E-state index in [1.165, 1.54) is 0 Å². The molecule has 0 spiro atoms. The third-order valence-corrected chi connectivity index (χ3v) is 1.93. The van der Waals surface area contributed by atoms with E-state index in [4.69, 9.17) is 9.47 Å². The first-order chi connectivity index (χ1) is 6.81. The SMILES string of the molecule is CCOCCCCCCC(=O)OCC. The van der Waals surface area contributed by atoms with Gasteiger partial charge in [0, 0.05) is 19.6 Å². The molecule has 0 saturated heterocycles. The van der Waals surface area contributed by atoms with Crippen molar-refractivity contribution in [2.45, 2.75) is 46.0 Å². The Morgan fingerprint density at radius 3 is 2.36 bits per heavy atom. The normalized spacial score (nSPS) is 10.1. The molecule has 0 amide bonds. The Kier molecular flexibility index (Phi) is 10.1. The van der Waals surface area contributed by atoms with Crippen molar-refractivity contribution in [1.82, 2.24) is 0 Å². The molecular formula is C11H22O3. The summed E-state index contributed by atoms with van der Waals surface area (Å²) in [6.45, 7) is 5.96. The van der Waals surface area contributed by atoms with Gasteiger partial charge in [0.05, 0.1) is 6.61 Å². The lowest BCUT2D eigenvalue weighted by Crippen LogP contribution is -2.03. The van der Waals surface area contributed by atoms with Gasteiger partial charge in [-0.2, -0.15) is 0 Å². The number of carbonyl (C=O) groups is 1. The second kappa shape index (κ2) is 10.5. The summed E-state index contributed by atoms with van der Waals surface area (Å²) in [5, 5.41) is 0. The van der Waals surface area contributed by atoms with Crippen molar-refractivity contribution in [2.75, 3.05) is 19.8 Å². The van der Waals surface area contributed by atoms with Crippen LogP contribution in [0.5, 0.6) is 0 Å². The maximum absolute atomic E-state index is 10.9. The number of hydrogen-bond donors (Lipinski definition) is 0. The summed E-state index contributed by atoms with van der Waals surface area (Å²) in [6.07, 6.45) is 4.81. The van der Waals surface area contributed by atoms with Crippen LogP contribution < -0.4 is 0 Å². The first-order valence-electron chi connectivity index (χ1n) is 5.54. The number of esters is 1. The fraction of sp³-hybridized carbons (Fsp3) is 0.909. The van der Waals surface area contributed by atoms with Crippen molar-refractivity contribution in [3.05, 3.63) is 0 Å². The van der Waals surface area contributed by atoms with Crippen LogP contribution in [0.15, 0.2) is 0 Å². The minimum Gasteiger partial charge on any atom is -0.466 e. The summed E-state index contributed by atoms with van der Waals surface area (Å²) in [5.41, 5.74) is 0. The molecule has 0 aliphatic carbocycles. The van der Waals surface area contributed by atoms with Crippen molar-refractivity contribution in [2.24, 2.45) is 0 Å². The fourth-order valence-corrected chi connectivity index (χ4v) is 1.20. The zero-order valence-electron chi connectivity index (χ0n) is 9.38. The number of unbranched alkanes of at least 4 members (excludes halogenated alkanes) is 3. The quantitative estimate of drug-likeness (QED) is 0.426. The predicted molar refractivity (Wildman–Crippen MR) is 56.2 cm³/mol. The van der Waals surface area contributed by atoms with Crippen LogP contribution in [0.4, 0.5) is 0 Å². The monoisotopic (exact) mass is 202 g/mol. The maximum Gasteiger partial charge on any atom is 0.305 e. The Morgan fingerprint density at radius 1 is 1.00 bits per heavy atom. The number of carbonyl (C=O) groups excluding carboxylic acids is 1. The molecule has 0 aromatic carbocycles. The smallest absolute Gasteiger partial charge is 0.305 e. The predicted octanol–water partition coefficient (Wildman–Crippen LogP) is 2.54. The lowest BCUT2D eigenvalue weighted by atomic mass is 10.1. The van der Waals surface area contributed by atoms with Crippen LogP contribution >= 0.6 is 0 Å². The van der Waals surface area contributed by atoms with Crippen LogP contribution in [-0.4, -0.2) is 25.8 Å². The number of rotatable bonds is 9. The molecule has 0 atom stereocenters. The molecule has 0 aliphatic heterocycles. The van der Waals surface area contributed by atoms with Gasteiger partial charge in [-0.05, 0) is 26.7 Å². The molecule has 0 bridgehead atoms. The maximum atomic E-state index is 10.9. The first kappa shape index (κ1) is 13.4. The molecule has 14 heavy (non-hydrogen) atoms. The van der Waals surface area contributed by atoms with Gasteiger partial charge in [-0.15, -0.1) is 0 Å². The Labute approximate surface area is 86.8 Å². The molecule has 84 valence electrons. The van der Waals surface area contributed by atoms with Crippen molar-refractivity contribution in [3.8, 4) is 0 Å². The molecule has 0 radical (unpaired) electrons. The lowest BCUT2D eigenvalue weighted by molar-refractivity contribution is -0.143. The number of hydrogen-bond acceptors (Lipinski definition) is 3. The summed E-state index contributed by atoms with van der Waals surface area (Å²) in [6, 6.07) is 0. The minimum absolute atomic E-state index is 0.0719. The molecule has 0 rings (SSSR count). The Bertz CT molecular complexity index is 134. The third-order valence-electron chi connectivity index (χ3n) is 1.93. The minimum atomic E-state index is -0.0719. The molecule has 3 heteroatoms. The van der Waals surface area contributed by atoms with Gasteiger partial charge in [0.1, 0.15) is 0 Å². The first-order valence-corrected chi connectivity index (χ1v) is 5.54. The summed E-state index contributed by atoms with van der Waals surface area (Å²) in [4.78, 5) is 10.9. The number of ether oxygens (including phenoxy) is 2. The summed E-state index contributed by atoms with van der Waals surface area (Å²) >= 11 is 0. The topological polar surface area (TPSA) is 35.5 Å². The molecule has 0 saturated carbocycles. The molecule has 0 aromatic rings. The highest BCUT2D eigenvalue weighted by Crippen LogP contribution is 2.04. The van der Waals surface area contributed by atoms with Crippen LogP contribution in [-0.2, 0) is 14.3 Å². The van der Waals surface area contributed by atoms with Gasteiger partial charge < -0.3 is 9.47 Å². The second-order valence-electron chi connectivity index (χ2n) is 3.17. The van der Waals surface area contributed by atoms with E-state index in [9.17, 15) is 4.79 Å². The van der Waals surface area contributed by atoms with Crippen molar-refractivity contribution < 1.29 is 14.3 Å². The molecule has 0 heterocycles. The van der Waals surface area contributed by atoms with Crippen LogP contribution in [0.25, 0.3) is 0 Å². The van der Waals surface area contributed by atoms with Crippen LogP contribution in [0.2, 0.25) is 0 Å². The average Bonchev–Trinajstić information content (AvgIpc) is 2.17. The Morgan fingerprint density at radius 2 is 1.71 bits per heavy atom. The highest BCUT2D eigenvalue weighted by atomic mass is 16.5. The van der Waals surface area contributed by atoms with Crippen LogP contribution in [0, 0.1) is 0 Å². The van der Waals surface area contributed by atoms with E-state index < -0.39 is 0 Å². The Balaban J connectivity index is 3.01. The highest BCUT2D eigenvalue weighted by molar-refractivity contribution is 5.69. The van der Waals surface area contributed by atoms with Crippen LogP contribution in [0.1, 0.15) is 46.0 Å². The van der Waals surface area contributed by atoms with E-state index in [0.717, 1.165) is 38.9 Å². The third kappa shape index (κ3) is 9.52. The summed E-state index contributed by atoms with van der Waals surface area (Å²) < 4.78 is 10.0. The standard InChI is InChI=1S/C11H22O3/c1-3-13-10-8-6-5-7-9-11(12)14-4-2/h3-10H2,1-2H3. The van der Waals surface area contributed by atoms with Crippen molar-refractivity contribution in [1.29, 1.82) is 0 Å². The molecule has 0 fully saturated rings. The van der Waals surface area contributed by atoms with E-state index in [-0.39, 0.29) is 5.97 Å². The average molecular weight is 202 g/mol. The molecule has 0 aromatic heterocycles. The summed E-state index contributed by atoms with van der Waals surface area (Å²) in [7, 11) is 0. The second-order valence-corrected chi connectivity index (χ2v) is 3.17. The molecule has 0 N–H and O–H groups in total. The zero-order chi connectivity index (χ0) is 10.6. The van der Waals surface area contributed by atoms with Gasteiger partial charge >= 0.3 is 5.97 Å². The van der Waals surface area contributed by atoms with E-state index in [1.807, 2.05) is 13.8 Å². The van der Waals surface area contributed by atoms with Crippen LogP contribution in [0.3, 0.4) is 0 Å². The van der Waals surface area contributed by atoms with E-state index in [1.54, 1.807) is 0 Å². The molecule has 3 nitrogen and oxygen atoms in total. The van der Waals surface area contributed by atoms with Crippen molar-refractivity contribution >= 4 is 5.97 Å². The molecular weight excluding hydrogens is 180 g/mol. The lowest BCUT2D eigenvalue weighted by Gasteiger charge is -2.02. The molecule has 0 aliphatic rings. The molecule has 0 unspecified atom stereocenters. The largest absolute Gasteiger partial charge is 0.466 e. The fourth-order valence-electron chi connectivity index (χ4n) is 1.20. The van der Waals surface area contributed by atoms with Gasteiger partial charge in [0.25, 0.3) is 0 Å². The van der Waals surface area contributed by atoms with Gasteiger partial charge in [-0.1, -0.05) is 12.8 Å². The van der Waals surface area contributed by atoms with Gasteiger partial charge in [-0.25, -0.2) is 0 Å². The van der Waals surface area contributed by atoms with Gasteiger partial charge in [0.2, 0.25) is 0 Å². The van der Waals surface area contributed by atoms with Crippen molar-refractivity contribution in [3.63, 3.8) is 0 Å². The zero-order valence-corrected chi connectivity index (χ0v) is 9.38. The Hall–Kier alpha value is -0.570. The van der Waals surface area contributed by atoms with E-state index >= 15 is 0 Å². The summed E-state index contributed by atoms with van der Waals surface area (Å²) in [5.74, 6) is -0.0719.